The van der Waals surface area contributed by atoms with Crippen LogP contribution in [0, 0.1) is 17.2 Å². The van der Waals surface area contributed by atoms with E-state index >= 15 is 0 Å². The van der Waals surface area contributed by atoms with E-state index in [4.69, 9.17) is 15.2 Å². The number of methoxy groups -OCH3 is 1. The van der Waals surface area contributed by atoms with Crippen LogP contribution in [0.4, 0.5) is 5.69 Å². The minimum absolute atomic E-state index is 0.0400. The molecule has 1 saturated heterocycles. The standard InChI is InChI=1S/C24H27N5O5/c1-3-34-22-18(13-25)19(26)12-20(28-22)21(30)27-14-15-7-9-29(10-8-15)23(31)16-5-4-6-17(11-16)24(32)33-2/h4-6,11-12,15H,3,7-10,14H2,1-2H3,(H2,26,28)(H,27,30). The fraction of sp³-hybridized carbons (Fsp3) is 0.375. The van der Waals surface area contributed by atoms with E-state index in [1.807, 2.05) is 6.07 Å². The number of nitrogens with one attached hydrogen (secondary N) is 1. The second kappa shape index (κ2) is 11.1. The lowest BCUT2D eigenvalue weighted by molar-refractivity contribution is 0.0600. The summed E-state index contributed by atoms with van der Waals surface area (Å²) in [5.74, 6) is -0.810. The third-order valence-corrected chi connectivity index (χ3v) is 5.63. The summed E-state index contributed by atoms with van der Waals surface area (Å²) in [7, 11) is 1.30. The van der Waals surface area contributed by atoms with Gasteiger partial charge in [0.15, 0.2) is 0 Å². The molecule has 0 saturated carbocycles. The normalized spacial score (nSPS) is 13.6. The molecule has 34 heavy (non-hydrogen) atoms. The van der Waals surface area contributed by atoms with Crippen LogP contribution in [0.15, 0.2) is 30.3 Å². The minimum Gasteiger partial charge on any atom is -0.477 e. The lowest BCUT2D eigenvalue weighted by Crippen LogP contribution is -2.41. The maximum atomic E-state index is 12.8. The Balaban J connectivity index is 1.55. The number of aromatic nitrogens is 1. The molecular weight excluding hydrogens is 438 g/mol. The van der Waals surface area contributed by atoms with Crippen molar-refractivity contribution in [1.82, 2.24) is 15.2 Å². The number of nitriles is 1. The number of amides is 2. The minimum atomic E-state index is -0.490. The van der Waals surface area contributed by atoms with Gasteiger partial charge in [-0.15, -0.1) is 0 Å². The van der Waals surface area contributed by atoms with Gasteiger partial charge in [-0.1, -0.05) is 6.07 Å². The van der Waals surface area contributed by atoms with E-state index in [0.717, 1.165) is 12.8 Å². The zero-order chi connectivity index (χ0) is 24.7. The van der Waals surface area contributed by atoms with Crippen molar-refractivity contribution >= 4 is 23.5 Å². The number of carbonyl (C=O) groups is 3. The van der Waals surface area contributed by atoms with Crippen LogP contribution in [0.1, 0.15) is 56.5 Å². The van der Waals surface area contributed by atoms with Gasteiger partial charge in [0.25, 0.3) is 11.8 Å². The molecule has 0 unspecified atom stereocenters. The van der Waals surface area contributed by atoms with Crippen molar-refractivity contribution in [2.45, 2.75) is 19.8 Å². The lowest BCUT2D eigenvalue weighted by Gasteiger charge is -2.32. The number of hydrogen-bond donors (Lipinski definition) is 2. The first kappa shape index (κ1) is 24.5. The zero-order valence-electron chi connectivity index (χ0n) is 19.2. The van der Waals surface area contributed by atoms with Crippen molar-refractivity contribution in [3.63, 3.8) is 0 Å². The highest BCUT2D eigenvalue weighted by Gasteiger charge is 2.25. The Hall–Kier alpha value is -4.13. The largest absolute Gasteiger partial charge is 0.477 e. The van der Waals surface area contributed by atoms with Crippen molar-refractivity contribution < 1.29 is 23.9 Å². The summed E-state index contributed by atoms with van der Waals surface area (Å²) in [6.07, 6.45) is 1.44. The molecule has 0 radical (unpaired) electrons. The molecule has 10 heteroatoms. The van der Waals surface area contributed by atoms with Crippen LogP contribution in [0.2, 0.25) is 0 Å². The first-order valence-electron chi connectivity index (χ1n) is 11.0. The zero-order valence-corrected chi connectivity index (χ0v) is 19.2. The summed E-state index contributed by atoms with van der Waals surface area (Å²) in [4.78, 5) is 43.0. The quantitative estimate of drug-likeness (QED) is 0.590. The predicted molar refractivity (Wildman–Crippen MR) is 123 cm³/mol. The number of pyridine rings is 1. The summed E-state index contributed by atoms with van der Waals surface area (Å²) >= 11 is 0. The van der Waals surface area contributed by atoms with Crippen LogP contribution in [0.25, 0.3) is 0 Å². The van der Waals surface area contributed by atoms with E-state index in [0.29, 0.717) is 30.8 Å². The van der Waals surface area contributed by atoms with Crippen LogP contribution >= 0.6 is 0 Å². The number of ether oxygens (including phenoxy) is 2. The molecule has 0 bridgehead atoms. The molecule has 1 aromatic carbocycles. The molecule has 1 aliphatic rings. The molecule has 1 fully saturated rings. The maximum absolute atomic E-state index is 12.8. The number of likely N-dealkylation sites (tertiary alicyclic amines) is 1. The van der Waals surface area contributed by atoms with Gasteiger partial charge < -0.3 is 25.4 Å². The average molecular weight is 466 g/mol. The summed E-state index contributed by atoms with van der Waals surface area (Å²) in [6.45, 7) is 3.54. The SMILES string of the molecule is CCOc1nc(C(=O)NCC2CCN(C(=O)c3cccc(C(=O)OC)c3)CC2)cc(N)c1C#N. The molecule has 3 rings (SSSR count). The van der Waals surface area contributed by atoms with Crippen molar-refractivity contribution in [3.05, 3.63) is 52.7 Å². The van der Waals surface area contributed by atoms with Crippen LogP contribution in [0.3, 0.4) is 0 Å². The van der Waals surface area contributed by atoms with Gasteiger partial charge in [0, 0.05) is 25.2 Å². The van der Waals surface area contributed by atoms with Crippen LogP contribution in [0.5, 0.6) is 5.88 Å². The molecule has 10 nitrogen and oxygen atoms in total. The first-order chi connectivity index (χ1) is 16.4. The van der Waals surface area contributed by atoms with E-state index in [-0.39, 0.29) is 41.3 Å². The maximum Gasteiger partial charge on any atom is 0.337 e. The molecule has 2 amide bonds. The van der Waals surface area contributed by atoms with Gasteiger partial charge in [0.2, 0.25) is 5.88 Å². The third kappa shape index (κ3) is 5.61. The number of nitrogen functional groups attached to an aromatic ring is 1. The molecule has 1 aromatic heterocycles. The van der Waals surface area contributed by atoms with Crippen LogP contribution < -0.4 is 15.8 Å². The van der Waals surface area contributed by atoms with E-state index in [2.05, 4.69) is 10.3 Å². The van der Waals surface area contributed by atoms with Gasteiger partial charge in [-0.2, -0.15) is 5.26 Å². The van der Waals surface area contributed by atoms with Crippen molar-refractivity contribution in [2.24, 2.45) is 5.92 Å². The molecule has 0 aliphatic carbocycles. The third-order valence-electron chi connectivity index (χ3n) is 5.63. The number of nitrogens with two attached hydrogens (primary N) is 1. The molecule has 0 atom stereocenters. The molecular formula is C24H27N5O5. The van der Waals surface area contributed by atoms with E-state index in [1.54, 1.807) is 30.0 Å². The molecule has 2 heterocycles. The van der Waals surface area contributed by atoms with Crippen molar-refractivity contribution in [2.75, 3.05) is 39.1 Å². The lowest BCUT2D eigenvalue weighted by atomic mass is 9.96. The Kier molecular flexibility index (Phi) is 8.03. The summed E-state index contributed by atoms with van der Waals surface area (Å²) in [5, 5.41) is 12.1. The van der Waals surface area contributed by atoms with Crippen LogP contribution in [-0.4, -0.2) is 61.0 Å². The fourth-order valence-corrected chi connectivity index (χ4v) is 3.76. The number of esters is 1. The number of hydrogen-bond acceptors (Lipinski definition) is 8. The highest BCUT2D eigenvalue weighted by molar-refractivity contribution is 5.98. The smallest absolute Gasteiger partial charge is 0.337 e. The monoisotopic (exact) mass is 465 g/mol. The number of rotatable bonds is 7. The van der Waals surface area contributed by atoms with Gasteiger partial charge in [-0.25, -0.2) is 9.78 Å². The molecule has 0 spiro atoms. The summed E-state index contributed by atoms with van der Waals surface area (Å²) < 4.78 is 10.0. The molecule has 178 valence electrons. The van der Waals surface area contributed by atoms with E-state index in [9.17, 15) is 19.6 Å². The van der Waals surface area contributed by atoms with Gasteiger partial charge in [-0.3, -0.25) is 9.59 Å². The van der Waals surface area contributed by atoms with Crippen LogP contribution in [-0.2, 0) is 4.74 Å². The van der Waals surface area contributed by atoms with Gasteiger partial charge in [0.05, 0.1) is 25.0 Å². The molecule has 3 N–H and O–H groups in total. The van der Waals surface area contributed by atoms with E-state index < -0.39 is 11.9 Å². The fourth-order valence-electron chi connectivity index (χ4n) is 3.76. The Morgan fingerprint density at radius 3 is 2.59 bits per heavy atom. The number of carbonyl (C=O) groups excluding carboxylic acids is 3. The molecule has 1 aliphatic heterocycles. The highest BCUT2D eigenvalue weighted by Crippen LogP contribution is 2.23. The van der Waals surface area contributed by atoms with E-state index in [1.165, 1.54) is 19.2 Å². The summed E-state index contributed by atoms with van der Waals surface area (Å²) in [6, 6.07) is 9.76. The Bertz CT molecular complexity index is 1120. The Morgan fingerprint density at radius 1 is 1.24 bits per heavy atom. The average Bonchev–Trinajstić information content (AvgIpc) is 2.86. The Labute approximate surface area is 197 Å². The summed E-state index contributed by atoms with van der Waals surface area (Å²) in [5.41, 5.74) is 6.96. The first-order valence-corrected chi connectivity index (χ1v) is 11.0. The van der Waals surface area contributed by atoms with Crippen molar-refractivity contribution in [3.8, 4) is 11.9 Å². The van der Waals surface area contributed by atoms with Gasteiger partial charge >= 0.3 is 5.97 Å². The molecule has 2 aromatic rings. The topological polar surface area (TPSA) is 148 Å². The number of anilines is 1. The second-order valence-electron chi connectivity index (χ2n) is 7.84. The second-order valence-corrected chi connectivity index (χ2v) is 7.84. The predicted octanol–water partition coefficient (Wildman–Crippen LogP) is 2.00. The number of benzene rings is 1. The van der Waals surface area contributed by atoms with Gasteiger partial charge in [-0.05, 0) is 49.9 Å². The highest BCUT2D eigenvalue weighted by atomic mass is 16.5. The Morgan fingerprint density at radius 2 is 1.94 bits per heavy atom. The number of nitrogens with zero attached hydrogens (tertiary/aromatic N) is 3. The van der Waals surface area contributed by atoms with Crippen molar-refractivity contribution in [1.29, 1.82) is 5.26 Å². The van der Waals surface area contributed by atoms with Gasteiger partial charge in [0.1, 0.15) is 17.3 Å². The number of piperidine rings is 1.